The Bertz CT molecular complexity index is 635. The third-order valence-electron chi connectivity index (χ3n) is 3.02. The van der Waals surface area contributed by atoms with Gasteiger partial charge in [-0.25, -0.2) is 0 Å². The van der Waals surface area contributed by atoms with Gasteiger partial charge in [-0.3, -0.25) is 4.68 Å². The van der Waals surface area contributed by atoms with E-state index in [9.17, 15) is 0 Å². The van der Waals surface area contributed by atoms with Gasteiger partial charge in [-0.2, -0.15) is 5.10 Å². The fourth-order valence-corrected chi connectivity index (χ4v) is 1.89. The van der Waals surface area contributed by atoms with Crippen molar-refractivity contribution in [2.75, 3.05) is 13.7 Å². The van der Waals surface area contributed by atoms with Crippen LogP contribution in [0.25, 0.3) is 0 Å². The number of rotatable bonds is 4. The number of hydrogen-bond donors (Lipinski definition) is 1. The number of aliphatic hydroxyl groups is 1. The van der Waals surface area contributed by atoms with E-state index in [1.54, 1.807) is 13.3 Å². The van der Waals surface area contributed by atoms with Gasteiger partial charge in [-0.1, -0.05) is 11.8 Å². The first-order valence-electron chi connectivity index (χ1n) is 6.49. The quantitative estimate of drug-likeness (QED) is 0.864. The Morgan fingerprint density at radius 2 is 2.20 bits per heavy atom. The van der Waals surface area contributed by atoms with Crippen LogP contribution >= 0.6 is 0 Å². The molecule has 0 unspecified atom stereocenters. The van der Waals surface area contributed by atoms with Gasteiger partial charge in [0.25, 0.3) is 0 Å². The van der Waals surface area contributed by atoms with Gasteiger partial charge in [0.05, 0.1) is 20.3 Å². The van der Waals surface area contributed by atoms with E-state index in [2.05, 4.69) is 16.9 Å². The molecule has 1 aromatic heterocycles. The van der Waals surface area contributed by atoms with Gasteiger partial charge in [0.2, 0.25) is 0 Å². The van der Waals surface area contributed by atoms with Gasteiger partial charge in [0.1, 0.15) is 5.75 Å². The van der Waals surface area contributed by atoms with Crippen LogP contribution in [0, 0.1) is 18.8 Å². The van der Waals surface area contributed by atoms with Crippen molar-refractivity contribution in [2.45, 2.75) is 19.9 Å². The molecule has 0 atom stereocenters. The molecule has 104 valence electrons. The monoisotopic (exact) mass is 270 g/mol. The van der Waals surface area contributed by atoms with Crippen molar-refractivity contribution in [3.63, 3.8) is 0 Å². The summed E-state index contributed by atoms with van der Waals surface area (Å²) in [6.45, 7) is 2.75. The van der Waals surface area contributed by atoms with E-state index in [0.29, 0.717) is 13.0 Å². The topological polar surface area (TPSA) is 47.3 Å². The largest absolute Gasteiger partial charge is 0.497 e. The third kappa shape index (κ3) is 3.40. The van der Waals surface area contributed by atoms with E-state index in [4.69, 9.17) is 9.84 Å². The summed E-state index contributed by atoms with van der Waals surface area (Å²) in [7, 11) is 1.65. The summed E-state index contributed by atoms with van der Waals surface area (Å²) in [5.41, 5.74) is 3.10. The van der Waals surface area contributed by atoms with E-state index in [-0.39, 0.29) is 6.61 Å². The van der Waals surface area contributed by atoms with Crippen LogP contribution < -0.4 is 4.74 Å². The SMILES string of the molecule is COc1ccc(C#CCCO)c(Cn2nccc2C)c1. The fraction of sp³-hybridized carbons (Fsp3) is 0.312. The van der Waals surface area contributed by atoms with Crippen molar-refractivity contribution >= 4 is 0 Å². The lowest BCUT2D eigenvalue weighted by molar-refractivity contribution is 0.305. The molecule has 4 heteroatoms. The summed E-state index contributed by atoms with van der Waals surface area (Å²) in [6, 6.07) is 7.78. The standard InChI is InChI=1S/C16H18N2O2/c1-13-8-9-17-18(13)12-15-11-16(20-2)7-6-14(15)5-3-4-10-19/h6-9,11,19H,4,10,12H2,1-2H3. The number of benzene rings is 1. The molecule has 20 heavy (non-hydrogen) atoms. The molecule has 0 saturated heterocycles. The smallest absolute Gasteiger partial charge is 0.119 e. The molecule has 4 nitrogen and oxygen atoms in total. The summed E-state index contributed by atoms with van der Waals surface area (Å²) in [5.74, 6) is 6.85. The summed E-state index contributed by atoms with van der Waals surface area (Å²) < 4.78 is 7.19. The number of aryl methyl sites for hydroxylation is 1. The Balaban J connectivity index is 2.33. The van der Waals surface area contributed by atoms with Crippen LogP contribution in [-0.2, 0) is 6.54 Å². The highest BCUT2D eigenvalue weighted by Gasteiger charge is 2.05. The van der Waals surface area contributed by atoms with Crippen LogP contribution in [0.3, 0.4) is 0 Å². The minimum absolute atomic E-state index is 0.0801. The van der Waals surface area contributed by atoms with Crippen LogP contribution in [0.2, 0.25) is 0 Å². The van der Waals surface area contributed by atoms with Crippen LogP contribution in [0.5, 0.6) is 5.75 Å². The second kappa shape index (κ2) is 6.78. The molecule has 0 aliphatic rings. The lowest BCUT2D eigenvalue weighted by Gasteiger charge is -2.09. The zero-order valence-electron chi connectivity index (χ0n) is 11.8. The summed E-state index contributed by atoms with van der Waals surface area (Å²) in [5, 5.41) is 13.1. The maximum atomic E-state index is 8.80. The molecule has 2 aromatic rings. The first-order chi connectivity index (χ1) is 9.74. The molecule has 0 fully saturated rings. The van der Waals surface area contributed by atoms with E-state index in [0.717, 1.165) is 22.6 Å². The van der Waals surface area contributed by atoms with Crippen molar-refractivity contribution in [2.24, 2.45) is 0 Å². The molecule has 0 aliphatic heterocycles. The molecule has 2 rings (SSSR count). The maximum absolute atomic E-state index is 8.80. The van der Waals surface area contributed by atoms with Gasteiger partial charge >= 0.3 is 0 Å². The molecule has 0 aliphatic carbocycles. The lowest BCUT2D eigenvalue weighted by atomic mass is 10.1. The number of aliphatic hydroxyl groups excluding tert-OH is 1. The van der Waals surface area contributed by atoms with Crippen LogP contribution in [0.1, 0.15) is 23.2 Å². The first kappa shape index (κ1) is 14.2. The van der Waals surface area contributed by atoms with Crippen molar-refractivity contribution in [1.82, 2.24) is 9.78 Å². The Morgan fingerprint density at radius 1 is 1.35 bits per heavy atom. The number of nitrogens with zero attached hydrogens (tertiary/aromatic N) is 2. The second-order valence-corrected chi connectivity index (χ2v) is 4.43. The van der Waals surface area contributed by atoms with E-state index in [1.807, 2.05) is 35.9 Å². The molecule has 0 amide bonds. The van der Waals surface area contributed by atoms with E-state index in [1.165, 1.54) is 0 Å². The molecule has 0 bridgehead atoms. The van der Waals surface area contributed by atoms with Crippen molar-refractivity contribution in [3.05, 3.63) is 47.3 Å². The van der Waals surface area contributed by atoms with Gasteiger partial charge in [-0.05, 0) is 36.8 Å². The molecule has 0 spiro atoms. The summed E-state index contributed by atoms with van der Waals surface area (Å²) in [4.78, 5) is 0. The summed E-state index contributed by atoms with van der Waals surface area (Å²) >= 11 is 0. The molecular formula is C16H18N2O2. The van der Waals surface area contributed by atoms with E-state index < -0.39 is 0 Å². The third-order valence-corrected chi connectivity index (χ3v) is 3.02. The van der Waals surface area contributed by atoms with Crippen molar-refractivity contribution in [1.29, 1.82) is 0 Å². The van der Waals surface area contributed by atoms with Crippen LogP contribution in [0.4, 0.5) is 0 Å². The lowest BCUT2D eigenvalue weighted by Crippen LogP contribution is -2.05. The highest BCUT2D eigenvalue weighted by atomic mass is 16.5. The number of methoxy groups -OCH3 is 1. The molecule has 1 N–H and O–H groups in total. The second-order valence-electron chi connectivity index (χ2n) is 4.43. The first-order valence-corrected chi connectivity index (χ1v) is 6.49. The Kier molecular flexibility index (Phi) is 4.80. The summed E-state index contributed by atoms with van der Waals surface area (Å²) in [6.07, 6.45) is 2.26. The Morgan fingerprint density at radius 3 is 2.85 bits per heavy atom. The normalized spacial score (nSPS) is 9.95. The highest BCUT2D eigenvalue weighted by molar-refractivity contribution is 5.45. The minimum Gasteiger partial charge on any atom is -0.497 e. The molecule has 1 heterocycles. The van der Waals surface area contributed by atoms with Gasteiger partial charge in [-0.15, -0.1) is 0 Å². The average Bonchev–Trinajstić information content (AvgIpc) is 2.86. The van der Waals surface area contributed by atoms with Crippen molar-refractivity contribution < 1.29 is 9.84 Å². The minimum atomic E-state index is 0.0801. The predicted octanol–water partition coefficient (Wildman–Crippen LogP) is 1.98. The Labute approximate surface area is 119 Å². The molecule has 0 radical (unpaired) electrons. The average molecular weight is 270 g/mol. The molecule has 1 aromatic carbocycles. The predicted molar refractivity (Wildman–Crippen MR) is 77.6 cm³/mol. The van der Waals surface area contributed by atoms with Crippen LogP contribution in [0.15, 0.2) is 30.5 Å². The highest BCUT2D eigenvalue weighted by Crippen LogP contribution is 2.18. The Hall–Kier alpha value is -2.25. The molecular weight excluding hydrogens is 252 g/mol. The van der Waals surface area contributed by atoms with Gasteiger partial charge in [0.15, 0.2) is 0 Å². The number of ether oxygens (including phenoxy) is 1. The molecule has 0 saturated carbocycles. The maximum Gasteiger partial charge on any atom is 0.119 e. The zero-order valence-corrected chi connectivity index (χ0v) is 11.8. The van der Waals surface area contributed by atoms with Crippen molar-refractivity contribution in [3.8, 4) is 17.6 Å². The number of aromatic nitrogens is 2. The fourth-order valence-electron chi connectivity index (χ4n) is 1.89. The van der Waals surface area contributed by atoms with E-state index >= 15 is 0 Å². The zero-order chi connectivity index (χ0) is 14.4. The van der Waals surface area contributed by atoms with Crippen LogP contribution in [-0.4, -0.2) is 28.6 Å². The number of hydrogen-bond acceptors (Lipinski definition) is 3. The van der Waals surface area contributed by atoms with Gasteiger partial charge < -0.3 is 9.84 Å². The van der Waals surface area contributed by atoms with Gasteiger partial charge in [0, 0.05) is 23.9 Å².